The van der Waals surface area contributed by atoms with Gasteiger partial charge in [0.05, 0.1) is 22.6 Å². The van der Waals surface area contributed by atoms with Crippen molar-refractivity contribution in [1.29, 1.82) is 0 Å². The first-order valence-corrected chi connectivity index (χ1v) is 12.2. The molecule has 3 aromatic rings. The van der Waals surface area contributed by atoms with Crippen molar-refractivity contribution in [2.24, 2.45) is 0 Å². The van der Waals surface area contributed by atoms with Crippen molar-refractivity contribution < 1.29 is 31.1 Å². The van der Waals surface area contributed by atoms with Crippen LogP contribution in [0.2, 0.25) is 0 Å². The van der Waals surface area contributed by atoms with E-state index in [-0.39, 0.29) is 5.75 Å². The van der Waals surface area contributed by atoms with Crippen molar-refractivity contribution in [3.63, 3.8) is 0 Å². The summed E-state index contributed by atoms with van der Waals surface area (Å²) in [5.41, 5.74) is 1.39. The topological polar surface area (TPSA) is 45.6 Å². The van der Waals surface area contributed by atoms with Crippen LogP contribution in [0, 0.1) is 0 Å². The molecule has 1 fully saturated rings. The Morgan fingerprint density at radius 3 is 2.16 bits per heavy atom. The lowest BCUT2D eigenvalue weighted by Gasteiger charge is -2.32. The fourth-order valence-electron chi connectivity index (χ4n) is 4.24. The number of alkyl halides is 6. The van der Waals surface area contributed by atoms with Gasteiger partial charge in [-0.3, -0.25) is 0 Å². The molecule has 2 aromatic carbocycles. The maximum Gasteiger partial charge on any atom is 0.573 e. The van der Waals surface area contributed by atoms with Gasteiger partial charge in [0.25, 0.3) is 0 Å². The molecule has 1 aliphatic rings. The van der Waals surface area contributed by atoms with Crippen molar-refractivity contribution in [2.75, 3.05) is 46.3 Å². The van der Waals surface area contributed by atoms with E-state index >= 15 is 0 Å². The van der Waals surface area contributed by atoms with Gasteiger partial charge in [-0.1, -0.05) is 0 Å². The number of halogens is 6. The standard InChI is InChI=1S/C26H29F6N5O/c1-35-13-15-36(16-14-35)12-2-11-33-18-22-17-24(19-3-9-23(10-4-19)38-26(30,31)32)34-37(22)21-7-5-20(6-8-21)25(27,28)29/h3-10,17,33H,2,11-16,18H2,1H3. The zero-order valence-corrected chi connectivity index (χ0v) is 20.8. The molecule has 1 aromatic heterocycles. The molecule has 0 unspecified atom stereocenters. The number of hydrogen-bond acceptors (Lipinski definition) is 5. The maximum absolute atomic E-state index is 13.0. The zero-order valence-electron chi connectivity index (χ0n) is 20.8. The van der Waals surface area contributed by atoms with Gasteiger partial charge < -0.3 is 19.9 Å². The van der Waals surface area contributed by atoms with Gasteiger partial charge in [-0.15, -0.1) is 13.2 Å². The van der Waals surface area contributed by atoms with Crippen LogP contribution in [0.15, 0.2) is 54.6 Å². The van der Waals surface area contributed by atoms with E-state index in [1.165, 1.54) is 36.4 Å². The van der Waals surface area contributed by atoms with Crippen LogP contribution >= 0.6 is 0 Å². The van der Waals surface area contributed by atoms with Gasteiger partial charge in [-0.25, -0.2) is 4.68 Å². The van der Waals surface area contributed by atoms with Crippen LogP contribution in [0.3, 0.4) is 0 Å². The van der Waals surface area contributed by atoms with Gasteiger partial charge in [0.1, 0.15) is 5.75 Å². The number of benzene rings is 2. The minimum atomic E-state index is -4.80. The molecule has 0 radical (unpaired) electrons. The van der Waals surface area contributed by atoms with Gasteiger partial charge in [0.2, 0.25) is 0 Å². The van der Waals surface area contributed by atoms with Gasteiger partial charge >= 0.3 is 12.5 Å². The largest absolute Gasteiger partial charge is 0.573 e. The third-order valence-electron chi connectivity index (χ3n) is 6.34. The Morgan fingerprint density at radius 1 is 0.895 bits per heavy atom. The number of ether oxygens (including phenoxy) is 1. The van der Waals surface area contributed by atoms with Crippen LogP contribution in [0.25, 0.3) is 16.9 Å². The molecule has 2 heterocycles. The molecule has 0 spiro atoms. The minimum Gasteiger partial charge on any atom is -0.406 e. The Hall–Kier alpha value is -3.09. The third kappa shape index (κ3) is 7.71. The summed E-state index contributed by atoms with van der Waals surface area (Å²) >= 11 is 0. The SMILES string of the molecule is CN1CCN(CCCNCc2cc(-c3ccc(OC(F)(F)F)cc3)nn2-c2ccc(C(F)(F)F)cc2)CC1. The average molecular weight is 542 g/mol. The summed E-state index contributed by atoms with van der Waals surface area (Å²) in [6, 6.07) is 11.7. The highest BCUT2D eigenvalue weighted by atomic mass is 19.4. The number of likely N-dealkylation sites (N-methyl/N-ethyl adjacent to an activating group) is 1. The molecule has 1 saturated heterocycles. The van der Waals surface area contributed by atoms with E-state index < -0.39 is 18.1 Å². The van der Waals surface area contributed by atoms with E-state index in [0.29, 0.717) is 29.2 Å². The second kappa shape index (κ2) is 11.7. The fraction of sp³-hybridized carbons (Fsp3) is 0.423. The Morgan fingerprint density at radius 2 is 1.55 bits per heavy atom. The quantitative estimate of drug-likeness (QED) is 0.299. The van der Waals surface area contributed by atoms with Gasteiger partial charge in [-0.05, 0) is 81.2 Å². The van der Waals surface area contributed by atoms with Gasteiger partial charge in [0.15, 0.2) is 0 Å². The summed E-state index contributed by atoms with van der Waals surface area (Å²) in [5.74, 6) is -0.356. The Bertz CT molecular complexity index is 1170. The lowest BCUT2D eigenvalue weighted by molar-refractivity contribution is -0.274. The number of hydrogen-bond donors (Lipinski definition) is 1. The fourth-order valence-corrected chi connectivity index (χ4v) is 4.24. The van der Waals surface area contributed by atoms with Crippen molar-refractivity contribution in [1.82, 2.24) is 24.9 Å². The molecule has 0 saturated carbocycles. The first-order chi connectivity index (χ1) is 18.0. The lowest BCUT2D eigenvalue weighted by atomic mass is 10.1. The highest BCUT2D eigenvalue weighted by Crippen LogP contribution is 2.31. The molecule has 1 N–H and O–H groups in total. The molecular weight excluding hydrogens is 512 g/mol. The summed E-state index contributed by atoms with van der Waals surface area (Å²) in [6.07, 6.45) is -8.32. The monoisotopic (exact) mass is 541 g/mol. The van der Waals surface area contributed by atoms with Crippen LogP contribution in [-0.4, -0.2) is 72.3 Å². The molecule has 38 heavy (non-hydrogen) atoms. The molecule has 6 nitrogen and oxygen atoms in total. The highest BCUT2D eigenvalue weighted by Gasteiger charge is 2.31. The summed E-state index contributed by atoms with van der Waals surface area (Å²) < 4.78 is 82.0. The summed E-state index contributed by atoms with van der Waals surface area (Å²) in [7, 11) is 2.11. The van der Waals surface area contributed by atoms with Crippen LogP contribution in [0.4, 0.5) is 26.3 Å². The van der Waals surface area contributed by atoms with E-state index in [2.05, 4.69) is 32.0 Å². The van der Waals surface area contributed by atoms with Crippen LogP contribution in [-0.2, 0) is 12.7 Å². The number of piperazine rings is 1. The molecule has 12 heteroatoms. The van der Waals surface area contributed by atoms with Crippen molar-refractivity contribution in [3.8, 4) is 22.7 Å². The van der Waals surface area contributed by atoms with Crippen LogP contribution < -0.4 is 10.1 Å². The molecule has 0 atom stereocenters. The first kappa shape index (κ1) is 27.9. The average Bonchev–Trinajstić information content (AvgIpc) is 3.28. The second-order valence-corrected chi connectivity index (χ2v) is 9.22. The summed E-state index contributed by atoms with van der Waals surface area (Å²) in [4.78, 5) is 4.71. The van der Waals surface area contributed by atoms with Crippen LogP contribution in [0.1, 0.15) is 17.7 Å². The summed E-state index contributed by atoms with van der Waals surface area (Å²) in [6.45, 7) is 6.28. The van der Waals surface area contributed by atoms with E-state index in [0.717, 1.165) is 57.8 Å². The number of aromatic nitrogens is 2. The van der Waals surface area contributed by atoms with Gasteiger partial charge in [-0.2, -0.15) is 18.3 Å². The molecule has 0 amide bonds. The van der Waals surface area contributed by atoms with E-state index in [4.69, 9.17) is 0 Å². The molecule has 1 aliphatic heterocycles. The number of rotatable bonds is 9. The lowest BCUT2D eigenvalue weighted by Crippen LogP contribution is -2.45. The first-order valence-electron chi connectivity index (χ1n) is 12.2. The molecule has 206 valence electrons. The second-order valence-electron chi connectivity index (χ2n) is 9.22. The molecular formula is C26H29F6N5O. The van der Waals surface area contributed by atoms with Crippen molar-refractivity contribution >= 4 is 0 Å². The smallest absolute Gasteiger partial charge is 0.406 e. The normalized spacial score (nSPS) is 15.7. The minimum absolute atomic E-state index is 0.356. The molecule has 4 rings (SSSR count). The zero-order chi connectivity index (χ0) is 27.3. The van der Waals surface area contributed by atoms with E-state index in [1.54, 1.807) is 10.7 Å². The van der Waals surface area contributed by atoms with Crippen LogP contribution in [0.5, 0.6) is 5.75 Å². The third-order valence-corrected chi connectivity index (χ3v) is 6.34. The summed E-state index contributed by atoms with van der Waals surface area (Å²) in [5, 5.41) is 7.92. The highest BCUT2D eigenvalue weighted by molar-refractivity contribution is 5.61. The Balaban J connectivity index is 1.47. The Kier molecular flexibility index (Phi) is 8.64. The maximum atomic E-state index is 13.0. The predicted molar refractivity (Wildman–Crippen MR) is 131 cm³/mol. The molecule has 0 aliphatic carbocycles. The van der Waals surface area contributed by atoms with E-state index in [9.17, 15) is 26.3 Å². The predicted octanol–water partition coefficient (Wildman–Crippen LogP) is 5.18. The number of nitrogens with zero attached hydrogens (tertiary/aromatic N) is 4. The number of nitrogens with one attached hydrogen (secondary N) is 1. The molecule has 0 bridgehead atoms. The van der Waals surface area contributed by atoms with Gasteiger partial charge in [0, 0.05) is 38.3 Å². The van der Waals surface area contributed by atoms with Crippen molar-refractivity contribution in [3.05, 3.63) is 65.9 Å². The Labute approximate surface area is 216 Å². The van der Waals surface area contributed by atoms with Crippen molar-refractivity contribution in [2.45, 2.75) is 25.5 Å². The van der Waals surface area contributed by atoms with E-state index in [1.807, 2.05) is 0 Å².